The Bertz CT molecular complexity index is 1500. The number of carbonyl (C=O) groups is 1. The van der Waals surface area contributed by atoms with Crippen molar-refractivity contribution >= 4 is 56.1 Å². The number of anilines is 3. The van der Waals surface area contributed by atoms with Crippen LogP contribution in [-0.4, -0.2) is 30.5 Å². The molecule has 1 heterocycles. The zero-order valence-electron chi connectivity index (χ0n) is 19.1. The molecule has 0 aliphatic heterocycles. The van der Waals surface area contributed by atoms with E-state index < -0.39 is 16.1 Å². The van der Waals surface area contributed by atoms with Gasteiger partial charge in [-0.1, -0.05) is 36.6 Å². The maximum Gasteiger partial charge on any atom is 0.339 e. The number of H-pyrrole nitrogens is 1. The van der Waals surface area contributed by atoms with Crippen LogP contribution in [-0.2, 0) is 10.1 Å². The molecule has 0 saturated heterocycles. The van der Waals surface area contributed by atoms with Crippen molar-refractivity contribution in [2.45, 2.75) is 36.6 Å². The lowest BCUT2D eigenvalue weighted by molar-refractivity contribution is 0.262. The van der Waals surface area contributed by atoms with Gasteiger partial charge < -0.3 is 19.8 Å². The molecular formula is C25H24ClN5O4S. The Morgan fingerprint density at radius 1 is 1.00 bits per heavy atom. The number of aromatic amines is 1. The minimum absolute atomic E-state index is 0.0557. The number of carbonyl (C=O) groups excluding carboxylic acids is 1. The van der Waals surface area contributed by atoms with Crippen molar-refractivity contribution in [1.29, 1.82) is 0 Å². The van der Waals surface area contributed by atoms with Gasteiger partial charge in [-0.25, -0.2) is 9.78 Å². The van der Waals surface area contributed by atoms with Gasteiger partial charge in [0.1, 0.15) is 10.6 Å². The highest BCUT2D eigenvalue weighted by atomic mass is 35.5. The molecule has 186 valence electrons. The first kappa shape index (κ1) is 24.0. The summed E-state index contributed by atoms with van der Waals surface area (Å²) < 4.78 is 30.9. The van der Waals surface area contributed by atoms with Crippen LogP contribution in [0, 0.1) is 0 Å². The van der Waals surface area contributed by atoms with E-state index in [4.69, 9.17) is 15.8 Å². The van der Waals surface area contributed by atoms with Gasteiger partial charge in [0.15, 0.2) is 0 Å². The van der Waals surface area contributed by atoms with Gasteiger partial charge in [0.2, 0.25) is 5.95 Å². The summed E-state index contributed by atoms with van der Waals surface area (Å²) in [5, 5.41) is 9.06. The third-order valence-corrected chi connectivity index (χ3v) is 7.47. The zero-order chi connectivity index (χ0) is 25.1. The van der Waals surface area contributed by atoms with Crippen molar-refractivity contribution in [3.8, 4) is 5.75 Å². The molecule has 3 aromatic carbocycles. The molecule has 36 heavy (non-hydrogen) atoms. The quantitative estimate of drug-likeness (QED) is 0.220. The third kappa shape index (κ3) is 5.55. The maximum absolute atomic E-state index is 12.8. The number of fused-ring (bicyclic) bond motifs is 1. The number of urea groups is 1. The molecule has 4 N–H and O–H groups in total. The maximum atomic E-state index is 12.8. The molecule has 1 fully saturated rings. The number of hydrogen-bond acceptors (Lipinski definition) is 6. The van der Waals surface area contributed by atoms with Crippen molar-refractivity contribution in [2.24, 2.45) is 0 Å². The van der Waals surface area contributed by atoms with E-state index >= 15 is 0 Å². The second-order valence-electron chi connectivity index (χ2n) is 8.51. The van der Waals surface area contributed by atoms with Gasteiger partial charge >= 0.3 is 16.1 Å². The molecule has 11 heteroatoms. The number of imidazole rings is 1. The second-order valence-corrected chi connectivity index (χ2v) is 10.5. The zero-order valence-corrected chi connectivity index (χ0v) is 20.7. The molecule has 1 saturated carbocycles. The van der Waals surface area contributed by atoms with Crippen LogP contribution in [0.25, 0.3) is 11.0 Å². The number of halogens is 1. The van der Waals surface area contributed by atoms with E-state index in [1.165, 1.54) is 37.1 Å². The van der Waals surface area contributed by atoms with Crippen LogP contribution in [0.3, 0.4) is 0 Å². The molecule has 9 nitrogen and oxygen atoms in total. The van der Waals surface area contributed by atoms with Crippen LogP contribution in [0.15, 0.2) is 71.6 Å². The standard InChI is InChI=1S/C25H24ClN5O4S/c26-20-7-3-4-8-21(20)30-25(32)31-24-28-22-14-11-18(15-23(22)29-24)35-36(33,34)19-12-9-17(10-13-19)27-16-5-1-2-6-16/h3-4,7-16,27H,1-2,5-6H2,(H3,28,29,30,31,32). The summed E-state index contributed by atoms with van der Waals surface area (Å²) in [6.45, 7) is 0. The average Bonchev–Trinajstić information content (AvgIpc) is 3.50. The highest BCUT2D eigenvalue weighted by Gasteiger charge is 2.19. The number of benzene rings is 3. The van der Waals surface area contributed by atoms with E-state index in [9.17, 15) is 13.2 Å². The minimum Gasteiger partial charge on any atom is -0.382 e. The van der Waals surface area contributed by atoms with E-state index in [0.717, 1.165) is 18.5 Å². The number of hydrogen-bond donors (Lipinski definition) is 4. The predicted molar refractivity (Wildman–Crippen MR) is 140 cm³/mol. The van der Waals surface area contributed by atoms with Gasteiger partial charge in [0.25, 0.3) is 0 Å². The van der Waals surface area contributed by atoms with Gasteiger partial charge in [-0.3, -0.25) is 5.32 Å². The summed E-state index contributed by atoms with van der Waals surface area (Å²) in [6, 6.07) is 17.9. The van der Waals surface area contributed by atoms with E-state index in [1.54, 1.807) is 42.5 Å². The van der Waals surface area contributed by atoms with Gasteiger partial charge in [-0.2, -0.15) is 8.42 Å². The largest absolute Gasteiger partial charge is 0.382 e. The first-order valence-electron chi connectivity index (χ1n) is 11.5. The van der Waals surface area contributed by atoms with Crippen molar-refractivity contribution in [1.82, 2.24) is 9.97 Å². The first-order chi connectivity index (χ1) is 17.4. The smallest absolute Gasteiger partial charge is 0.339 e. The van der Waals surface area contributed by atoms with Crippen molar-refractivity contribution in [3.63, 3.8) is 0 Å². The molecule has 0 atom stereocenters. The van der Waals surface area contributed by atoms with Gasteiger partial charge in [0, 0.05) is 17.8 Å². The molecular weight excluding hydrogens is 502 g/mol. The van der Waals surface area contributed by atoms with Crippen LogP contribution in [0.2, 0.25) is 5.02 Å². The third-order valence-electron chi connectivity index (χ3n) is 5.88. The molecule has 0 bridgehead atoms. The predicted octanol–water partition coefficient (Wildman–Crippen LogP) is 5.98. The number of aromatic nitrogens is 2. The molecule has 1 aliphatic carbocycles. The molecule has 2 amide bonds. The summed E-state index contributed by atoms with van der Waals surface area (Å²) >= 11 is 6.06. The molecule has 0 radical (unpaired) electrons. The first-order valence-corrected chi connectivity index (χ1v) is 13.3. The minimum atomic E-state index is -4.03. The lowest BCUT2D eigenvalue weighted by Gasteiger charge is -2.14. The summed E-state index contributed by atoms with van der Waals surface area (Å²) in [6.07, 6.45) is 4.68. The highest BCUT2D eigenvalue weighted by molar-refractivity contribution is 7.87. The van der Waals surface area contributed by atoms with Crippen LogP contribution in [0.4, 0.5) is 22.1 Å². The topological polar surface area (TPSA) is 125 Å². The second kappa shape index (κ2) is 10.1. The summed E-state index contributed by atoms with van der Waals surface area (Å²) in [7, 11) is -4.03. The van der Waals surface area contributed by atoms with E-state index in [2.05, 4.69) is 25.9 Å². The number of amides is 2. The average molecular weight is 526 g/mol. The Balaban J connectivity index is 1.25. The fraction of sp³-hybridized carbons (Fsp3) is 0.200. The monoisotopic (exact) mass is 525 g/mol. The van der Waals surface area contributed by atoms with Gasteiger partial charge in [-0.15, -0.1) is 0 Å². The highest BCUT2D eigenvalue weighted by Crippen LogP contribution is 2.26. The molecule has 0 spiro atoms. The lowest BCUT2D eigenvalue weighted by atomic mass is 10.2. The Kier molecular flexibility index (Phi) is 6.71. The molecule has 5 rings (SSSR count). The Morgan fingerprint density at radius 3 is 2.50 bits per heavy atom. The van der Waals surface area contributed by atoms with Crippen molar-refractivity contribution in [2.75, 3.05) is 16.0 Å². The van der Waals surface area contributed by atoms with Crippen LogP contribution >= 0.6 is 11.6 Å². The van der Waals surface area contributed by atoms with Gasteiger partial charge in [-0.05, 0) is 61.4 Å². The Morgan fingerprint density at radius 2 is 1.75 bits per heavy atom. The van der Waals surface area contributed by atoms with E-state index in [0.29, 0.717) is 27.8 Å². The summed E-state index contributed by atoms with van der Waals surface area (Å²) in [5.74, 6) is 0.286. The normalized spacial score (nSPS) is 14.0. The summed E-state index contributed by atoms with van der Waals surface area (Å²) in [5.41, 5.74) is 2.36. The van der Waals surface area contributed by atoms with Crippen LogP contribution < -0.4 is 20.1 Å². The molecule has 1 aliphatic rings. The fourth-order valence-corrected chi connectivity index (χ4v) is 5.22. The molecule has 0 unspecified atom stereocenters. The van der Waals surface area contributed by atoms with E-state index in [-0.39, 0.29) is 16.6 Å². The van der Waals surface area contributed by atoms with Gasteiger partial charge in [0.05, 0.1) is 21.7 Å². The lowest BCUT2D eigenvalue weighted by Crippen LogP contribution is -2.20. The number of nitrogens with zero attached hydrogens (tertiary/aromatic N) is 1. The Hall–Kier alpha value is -3.76. The molecule has 1 aromatic heterocycles. The number of para-hydroxylation sites is 1. The van der Waals surface area contributed by atoms with Crippen molar-refractivity contribution in [3.05, 3.63) is 71.8 Å². The Labute approximate surface area is 213 Å². The summed E-state index contributed by atoms with van der Waals surface area (Å²) in [4.78, 5) is 19.6. The van der Waals surface area contributed by atoms with Crippen LogP contribution in [0.1, 0.15) is 25.7 Å². The number of rotatable bonds is 7. The molecule has 4 aromatic rings. The SMILES string of the molecule is O=C(Nc1nc2cc(OS(=O)(=O)c3ccc(NC4CCCC4)cc3)ccc2[nH]1)Nc1ccccc1Cl. The van der Waals surface area contributed by atoms with Crippen LogP contribution in [0.5, 0.6) is 5.75 Å². The number of nitrogens with one attached hydrogen (secondary N) is 4. The van der Waals surface area contributed by atoms with Crippen molar-refractivity contribution < 1.29 is 17.4 Å². The van der Waals surface area contributed by atoms with E-state index in [1.807, 2.05) is 0 Å². The fourth-order valence-electron chi connectivity index (χ4n) is 4.12.